The number of rotatable bonds is 3. The third-order valence-corrected chi connectivity index (χ3v) is 5.74. The molecule has 0 heterocycles. The number of likely N-dealkylation sites (N-methyl/N-ethyl adjacent to an activating group) is 1. The van der Waals surface area contributed by atoms with Crippen LogP contribution in [0, 0.1) is 23.2 Å². The summed E-state index contributed by atoms with van der Waals surface area (Å²) in [6, 6.07) is 0.372. The van der Waals surface area contributed by atoms with E-state index in [0.29, 0.717) is 11.5 Å². The summed E-state index contributed by atoms with van der Waals surface area (Å²) in [5.41, 5.74) is 0.306. The SMILES string of the molecule is C[NH2+][C@H](C)[C@@H](O)C12CC3CC(CC(C3)C1)C2. The number of aliphatic hydroxyl groups is 1. The lowest BCUT2D eigenvalue weighted by molar-refractivity contribution is -0.671. The maximum absolute atomic E-state index is 10.7. The first kappa shape index (κ1) is 11.0. The van der Waals surface area contributed by atoms with Crippen LogP contribution in [0.4, 0.5) is 0 Å². The Hall–Kier alpha value is -0.0800. The predicted octanol–water partition coefficient (Wildman–Crippen LogP) is 1.15. The first-order valence-corrected chi connectivity index (χ1v) is 7.10. The minimum Gasteiger partial charge on any atom is -0.386 e. The van der Waals surface area contributed by atoms with Gasteiger partial charge in [-0.1, -0.05) is 0 Å². The monoisotopic (exact) mass is 224 g/mol. The zero-order chi connectivity index (χ0) is 11.3. The molecule has 0 spiro atoms. The van der Waals surface area contributed by atoms with E-state index >= 15 is 0 Å². The van der Waals surface area contributed by atoms with Crippen molar-refractivity contribution in [2.24, 2.45) is 23.2 Å². The third kappa shape index (κ3) is 1.53. The van der Waals surface area contributed by atoms with Crippen LogP contribution in [0.3, 0.4) is 0 Å². The molecular weight excluding hydrogens is 198 g/mol. The molecule has 4 aliphatic rings. The van der Waals surface area contributed by atoms with Crippen LogP contribution in [0.2, 0.25) is 0 Å². The summed E-state index contributed by atoms with van der Waals surface area (Å²) in [7, 11) is 2.09. The standard InChI is InChI=1S/C14H25NO/c1-9(15-2)13(16)14-6-10-3-11(7-14)5-12(4-10)8-14/h9-13,15-16H,3-8H2,1-2H3/p+1/t9-,10?,11?,12?,13-,14?/m1/s1. The van der Waals surface area contributed by atoms with E-state index in [-0.39, 0.29) is 6.10 Å². The molecule has 2 heteroatoms. The van der Waals surface area contributed by atoms with E-state index in [9.17, 15) is 5.11 Å². The second-order valence-electron chi connectivity index (χ2n) is 6.92. The Bertz CT molecular complexity index is 241. The highest BCUT2D eigenvalue weighted by molar-refractivity contribution is 5.05. The second kappa shape index (κ2) is 3.71. The Balaban J connectivity index is 1.82. The lowest BCUT2D eigenvalue weighted by Gasteiger charge is -2.58. The van der Waals surface area contributed by atoms with Crippen LogP contribution in [0.5, 0.6) is 0 Å². The van der Waals surface area contributed by atoms with Gasteiger partial charge >= 0.3 is 0 Å². The molecule has 4 rings (SSSR count). The highest BCUT2D eigenvalue weighted by Crippen LogP contribution is 2.61. The minimum absolute atomic E-state index is 0.0779. The van der Waals surface area contributed by atoms with Gasteiger partial charge in [-0.25, -0.2) is 0 Å². The topological polar surface area (TPSA) is 36.8 Å². The Morgan fingerprint density at radius 2 is 1.50 bits per heavy atom. The van der Waals surface area contributed by atoms with Gasteiger partial charge in [0.1, 0.15) is 12.1 Å². The number of hydrogen-bond acceptors (Lipinski definition) is 1. The van der Waals surface area contributed by atoms with Crippen molar-refractivity contribution in [1.29, 1.82) is 0 Å². The largest absolute Gasteiger partial charge is 0.386 e. The Morgan fingerprint density at radius 3 is 1.88 bits per heavy atom. The van der Waals surface area contributed by atoms with Gasteiger partial charge < -0.3 is 10.4 Å². The van der Waals surface area contributed by atoms with Gasteiger partial charge in [-0.15, -0.1) is 0 Å². The second-order valence-corrected chi connectivity index (χ2v) is 6.92. The van der Waals surface area contributed by atoms with Gasteiger partial charge in [0, 0.05) is 5.41 Å². The molecule has 2 nitrogen and oxygen atoms in total. The summed E-state index contributed by atoms with van der Waals surface area (Å²) >= 11 is 0. The molecule has 3 N–H and O–H groups in total. The lowest BCUT2D eigenvalue weighted by Crippen LogP contribution is -2.89. The van der Waals surface area contributed by atoms with Gasteiger partial charge in [0.15, 0.2) is 0 Å². The number of hydrogen-bond donors (Lipinski definition) is 2. The lowest BCUT2D eigenvalue weighted by atomic mass is 9.47. The van der Waals surface area contributed by atoms with E-state index in [1.54, 1.807) is 0 Å². The smallest absolute Gasteiger partial charge is 0.111 e. The summed E-state index contributed by atoms with van der Waals surface area (Å²) in [6.07, 6.45) is 8.28. The average molecular weight is 224 g/mol. The molecule has 0 aromatic carbocycles. The molecule has 0 radical (unpaired) electrons. The fourth-order valence-electron chi connectivity index (χ4n) is 5.28. The fourth-order valence-corrected chi connectivity index (χ4v) is 5.28. The van der Waals surface area contributed by atoms with Crippen molar-refractivity contribution in [1.82, 2.24) is 0 Å². The first-order valence-electron chi connectivity index (χ1n) is 7.10. The minimum atomic E-state index is -0.0779. The summed E-state index contributed by atoms with van der Waals surface area (Å²) in [5, 5.41) is 12.8. The van der Waals surface area contributed by atoms with Crippen LogP contribution in [0.1, 0.15) is 45.4 Å². The van der Waals surface area contributed by atoms with Gasteiger partial charge in [0.2, 0.25) is 0 Å². The summed E-state index contributed by atoms with van der Waals surface area (Å²) in [4.78, 5) is 0. The van der Waals surface area contributed by atoms with Crippen molar-refractivity contribution >= 4 is 0 Å². The van der Waals surface area contributed by atoms with Gasteiger partial charge in [-0.05, 0) is 63.2 Å². The molecule has 4 bridgehead atoms. The Kier molecular flexibility index (Phi) is 2.56. The molecule has 0 saturated heterocycles. The highest BCUT2D eigenvalue weighted by atomic mass is 16.3. The van der Waals surface area contributed by atoms with Gasteiger partial charge in [-0.2, -0.15) is 0 Å². The Morgan fingerprint density at radius 1 is 1.06 bits per heavy atom. The molecule has 4 saturated carbocycles. The summed E-state index contributed by atoms with van der Waals surface area (Å²) in [6.45, 7) is 2.18. The van der Waals surface area contributed by atoms with E-state index in [1.807, 2.05) is 0 Å². The normalized spacial score (nSPS) is 49.3. The molecule has 0 aliphatic heterocycles. The molecule has 0 aromatic heterocycles. The average Bonchev–Trinajstić information content (AvgIpc) is 2.25. The number of nitrogens with two attached hydrogens (primary N) is 1. The zero-order valence-corrected chi connectivity index (χ0v) is 10.7. The quantitative estimate of drug-likeness (QED) is 0.741. The number of quaternary nitrogens is 1. The van der Waals surface area contributed by atoms with E-state index in [2.05, 4.69) is 19.3 Å². The van der Waals surface area contributed by atoms with E-state index < -0.39 is 0 Å². The van der Waals surface area contributed by atoms with Crippen LogP contribution in [-0.4, -0.2) is 24.3 Å². The van der Waals surface area contributed by atoms with Crippen molar-refractivity contribution in [3.05, 3.63) is 0 Å². The maximum Gasteiger partial charge on any atom is 0.111 e. The van der Waals surface area contributed by atoms with Gasteiger partial charge in [0.05, 0.1) is 7.05 Å². The van der Waals surface area contributed by atoms with Crippen molar-refractivity contribution in [2.75, 3.05) is 7.05 Å². The molecule has 92 valence electrons. The van der Waals surface area contributed by atoms with E-state index in [4.69, 9.17) is 0 Å². The van der Waals surface area contributed by atoms with Crippen molar-refractivity contribution < 1.29 is 10.4 Å². The maximum atomic E-state index is 10.7. The summed E-state index contributed by atoms with van der Waals surface area (Å²) < 4.78 is 0. The molecule has 16 heavy (non-hydrogen) atoms. The zero-order valence-electron chi connectivity index (χ0n) is 10.7. The van der Waals surface area contributed by atoms with Gasteiger partial charge in [0.25, 0.3) is 0 Å². The van der Waals surface area contributed by atoms with Crippen molar-refractivity contribution in [2.45, 2.75) is 57.6 Å². The summed E-state index contributed by atoms with van der Waals surface area (Å²) in [5.74, 6) is 2.85. The van der Waals surface area contributed by atoms with E-state index in [0.717, 1.165) is 17.8 Å². The van der Waals surface area contributed by atoms with E-state index in [1.165, 1.54) is 38.5 Å². The van der Waals surface area contributed by atoms with Crippen LogP contribution in [-0.2, 0) is 0 Å². The molecule has 2 atom stereocenters. The molecule has 0 unspecified atom stereocenters. The van der Waals surface area contributed by atoms with Crippen LogP contribution >= 0.6 is 0 Å². The Labute approximate surface area is 98.8 Å². The van der Waals surface area contributed by atoms with Crippen LogP contribution in [0.25, 0.3) is 0 Å². The molecule has 0 amide bonds. The van der Waals surface area contributed by atoms with Crippen LogP contribution < -0.4 is 5.32 Å². The first-order chi connectivity index (χ1) is 7.63. The van der Waals surface area contributed by atoms with Crippen molar-refractivity contribution in [3.63, 3.8) is 0 Å². The molecule has 4 fully saturated rings. The predicted molar refractivity (Wildman–Crippen MR) is 63.9 cm³/mol. The number of aliphatic hydroxyl groups excluding tert-OH is 1. The van der Waals surface area contributed by atoms with Gasteiger partial charge in [-0.3, -0.25) is 0 Å². The fraction of sp³-hybridized carbons (Fsp3) is 1.00. The highest BCUT2D eigenvalue weighted by Gasteiger charge is 2.55. The van der Waals surface area contributed by atoms with Crippen molar-refractivity contribution in [3.8, 4) is 0 Å². The molecule has 4 aliphatic carbocycles. The van der Waals surface area contributed by atoms with Crippen LogP contribution in [0.15, 0.2) is 0 Å². The third-order valence-electron chi connectivity index (χ3n) is 5.74. The molecule has 0 aromatic rings. The molecular formula is C14H26NO+.